The van der Waals surface area contributed by atoms with E-state index in [1.54, 1.807) is 18.4 Å². The molecule has 1 aliphatic rings. The van der Waals surface area contributed by atoms with Gasteiger partial charge in [-0.15, -0.1) is 35.3 Å². The van der Waals surface area contributed by atoms with Gasteiger partial charge in [0.2, 0.25) is 5.91 Å². The van der Waals surface area contributed by atoms with Gasteiger partial charge in [-0.2, -0.15) is 0 Å². The van der Waals surface area contributed by atoms with E-state index in [0.29, 0.717) is 12.0 Å². The number of carbonyl (C=O) groups excluding carboxylic acids is 1. The standard InChI is InChI=1S/C14H22N4OS.HI/c1-10(2)17-14(15-3)16-8-13(19)18-6-4-12-11(9-18)5-7-20-12;/h5,7,10H,4,6,8-9H2,1-3H3,(H2,15,16,17);1H. The lowest BCUT2D eigenvalue weighted by Crippen LogP contribution is -2.47. The lowest BCUT2D eigenvalue weighted by Gasteiger charge is -2.27. The first-order valence-electron chi connectivity index (χ1n) is 6.90. The van der Waals surface area contributed by atoms with Gasteiger partial charge in [0.25, 0.3) is 0 Å². The number of nitrogens with one attached hydrogen (secondary N) is 2. The molecular formula is C14H23IN4OS. The average molecular weight is 422 g/mol. The van der Waals surface area contributed by atoms with Gasteiger partial charge in [0.1, 0.15) is 0 Å². The molecule has 7 heteroatoms. The fourth-order valence-electron chi connectivity index (χ4n) is 2.20. The maximum Gasteiger partial charge on any atom is 0.242 e. The van der Waals surface area contributed by atoms with Crippen LogP contribution >= 0.6 is 35.3 Å². The summed E-state index contributed by atoms with van der Waals surface area (Å²) in [5, 5.41) is 8.34. The van der Waals surface area contributed by atoms with Gasteiger partial charge in [0.15, 0.2) is 5.96 Å². The van der Waals surface area contributed by atoms with Gasteiger partial charge in [0.05, 0.1) is 6.54 Å². The van der Waals surface area contributed by atoms with E-state index in [0.717, 1.165) is 19.5 Å². The smallest absolute Gasteiger partial charge is 0.242 e. The molecule has 5 nitrogen and oxygen atoms in total. The number of hydrogen-bond acceptors (Lipinski definition) is 3. The van der Waals surface area contributed by atoms with Crippen molar-refractivity contribution in [1.29, 1.82) is 0 Å². The molecule has 0 atom stereocenters. The number of amides is 1. The highest BCUT2D eigenvalue weighted by Crippen LogP contribution is 2.23. The first kappa shape index (κ1) is 18.2. The third-order valence-electron chi connectivity index (χ3n) is 3.22. The molecule has 2 N–H and O–H groups in total. The molecule has 0 bridgehead atoms. The third-order valence-corrected chi connectivity index (χ3v) is 4.24. The topological polar surface area (TPSA) is 56.7 Å². The van der Waals surface area contributed by atoms with E-state index in [-0.39, 0.29) is 36.4 Å². The van der Waals surface area contributed by atoms with Gasteiger partial charge < -0.3 is 15.5 Å². The number of guanidine groups is 1. The van der Waals surface area contributed by atoms with Crippen LogP contribution in [0, 0.1) is 0 Å². The minimum atomic E-state index is 0. The summed E-state index contributed by atoms with van der Waals surface area (Å²) < 4.78 is 0. The van der Waals surface area contributed by atoms with Crippen LogP contribution in [0.4, 0.5) is 0 Å². The van der Waals surface area contributed by atoms with E-state index in [1.807, 2.05) is 18.7 Å². The number of fused-ring (bicyclic) bond motifs is 1. The summed E-state index contributed by atoms with van der Waals surface area (Å²) in [5.41, 5.74) is 1.29. The third kappa shape index (κ3) is 5.14. The van der Waals surface area contributed by atoms with Crippen LogP contribution in [0.1, 0.15) is 24.3 Å². The minimum absolute atomic E-state index is 0. The number of nitrogens with zero attached hydrogens (tertiary/aromatic N) is 2. The number of aliphatic imine (C=N–C) groups is 1. The lowest BCUT2D eigenvalue weighted by atomic mass is 10.1. The Morgan fingerprint density at radius 1 is 1.52 bits per heavy atom. The van der Waals surface area contributed by atoms with Crippen molar-refractivity contribution in [2.24, 2.45) is 4.99 Å². The van der Waals surface area contributed by atoms with Crippen molar-refractivity contribution in [3.05, 3.63) is 21.9 Å². The molecule has 0 aliphatic carbocycles. The Bertz CT molecular complexity index is 501. The minimum Gasteiger partial charge on any atom is -0.354 e. The second-order valence-electron chi connectivity index (χ2n) is 5.16. The van der Waals surface area contributed by atoms with Crippen molar-refractivity contribution in [2.75, 3.05) is 20.1 Å². The molecule has 0 fully saturated rings. The second kappa shape index (κ2) is 8.57. The number of thiophene rings is 1. The van der Waals surface area contributed by atoms with Crippen LogP contribution in [0.25, 0.3) is 0 Å². The Hall–Kier alpha value is -0.830. The zero-order valence-corrected chi connectivity index (χ0v) is 15.8. The van der Waals surface area contributed by atoms with Crippen molar-refractivity contribution in [3.63, 3.8) is 0 Å². The molecule has 2 rings (SSSR count). The molecule has 1 amide bonds. The van der Waals surface area contributed by atoms with Crippen LogP contribution in [-0.4, -0.2) is 42.9 Å². The molecule has 0 saturated heterocycles. The summed E-state index contributed by atoms with van der Waals surface area (Å²) in [6.45, 7) is 5.90. The molecule has 118 valence electrons. The predicted molar refractivity (Wildman–Crippen MR) is 98.5 cm³/mol. The van der Waals surface area contributed by atoms with E-state index < -0.39 is 0 Å². The van der Waals surface area contributed by atoms with Crippen LogP contribution < -0.4 is 10.6 Å². The van der Waals surface area contributed by atoms with Gasteiger partial charge in [0, 0.05) is 31.1 Å². The second-order valence-corrected chi connectivity index (χ2v) is 6.16. The van der Waals surface area contributed by atoms with Crippen LogP contribution in [0.5, 0.6) is 0 Å². The van der Waals surface area contributed by atoms with E-state index in [2.05, 4.69) is 27.1 Å². The molecule has 2 heterocycles. The summed E-state index contributed by atoms with van der Waals surface area (Å²) in [6, 6.07) is 2.41. The molecule has 0 spiro atoms. The van der Waals surface area contributed by atoms with Crippen LogP contribution in [-0.2, 0) is 17.8 Å². The summed E-state index contributed by atoms with van der Waals surface area (Å²) in [7, 11) is 1.71. The number of carbonyl (C=O) groups is 1. The number of rotatable bonds is 3. The predicted octanol–water partition coefficient (Wildman–Crippen LogP) is 1.82. The van der Waals surface area contributed by atoms with Gasteiger partial charge in [-0.3, -0.25) is 9.79 Å². The molecular weight excluding hydrogens is 399 g/mol. The van der Waals surface area contributed by atoms with E-state index in [1.165, 1.54) is 10.4 Å². The normalized spacial score (nSPS) is 14.5. The summed E-state index contributed by atoms with van der Waals surface area (Å²) in [6.07, 6.45) is 0.970. The highest BCUT2D eigenvalue weighted by Gasteiger charge is 2.21. The Kier molecular flexibility index (Phi) is 7.44. The summed E-state index contributed by atoms with van der Waals surface area (Å²) >= 11 is 1.79. The Morgan fingerprint density at radius 3 is 2.95 bits per heavy atom. The Morgan fingerprint density at radius 2 is 2.29 bits per heavy atom. The average Bonchev–Trinajstić information content (AvgIpc) is 2.89. The van der Waals surface area contributed by atoms with Crippen LogP contribution in [0.2, 0.25) is 0 Å². The summed E-state index contributed by atoms with van der Waals surface area (Å²) in [5.74, 6) is 0.787. The van der Waals surface area contributed by atoms with E-state index >= 15 is 0 Å². The molecule has 0 aromatic carbocycles. The molecule has 1 aromatic heterocycles. The largest absolute Gasteiger partial charge is 0.354 e. The summed E-state index contributed by atoms with van der Waals surface area (Å²) in [4.78, 5) is 19.6. The monoisotopic (exact) mass is 422 g/mol. The Balaban J connectivity index is 0.00000220. The SMILES string of the molecule is CN=C(NCC(=O)N1CCc2sccc2C1)NC(C)C.I. The highest BCUT2D eigenvalue weighted by atomic mass is 127. The number of halogens is 1. The zero-order chi connectivity index (χ0) is 14.5. The van der Waals surface area contributed by atoms with Crippen molar-refractivity contribution in [2.45, 2.75) is 32.9 Å². The lowest BCUT2D eigenvalue weighted by molar-refractivity contribution is -0.130. The molecule has 0 saturated carbocycles. The van der Waals surface area contributed by atoms with Crippen molar-refractivity contribution in [1.82, 2.24) is 15.5 Å². The molecule has 1 aromatic rings. The maximum atomic E-state index is 12.2. The number of hydrogen-bond donors (Lipinski definition) is 2. The first-order valence-corrected chi connectivity index (χ1v) is 7.78. The van der Waals surface area contributed by atoms with E-state index in [4.69, 9.17) is 0 Å². The van der Waals surface area contributed by atoms with Crippen LogP contribution in [0.15, 0.2) is 16.4 Å². The van der Waals surface area contributed by atoms with Crippen molar-refractivity contribution >= 4 is 47.2 Å². The quantitative estimate of drug-likeness (QED) is 0.444. The maximum absolute atomic E-state index is 12.2. The highest BCUT2D eigenvalue weighted by molar-refractivity contribution is 14.0. The van der Waals surface area contributed by atoms with E-state index in [9.17, 15) is 4.79 Å². The van der Waals surface area contributed by atoms with Crippen molar-refractivity contribution < 1.29 is 4.79 Å². The van der Waals surface area contributed by atoms with Crippen molar-refractivity contribution in [3.8, 4) is 0 Å². The zero-order valence-electron chi connectivity index (χ0n) is 12.7. The fraction of sp³-hybridized carbons (Fsp3) is 0.571. The molecule has 0 unspecified atom stereocenters. The van der Waals surface area contributed by atoms with Gasteiger partial charge in [-0.05, 0) is 37.3 Å². The Labute approximate surface area is 147 Å². The van der Waals surface area contributed by atoms with Gasteiger partial charge in [-0.1, -0.05) is 0 Å². The fourth-order valence-corrected chi connectivity index (χ4v) is 3.09. The van der Waals surface area contributed by atoms with Gasteiger partial charge >= 0.3 is 0 Å². The molecule has 21 heavy (non-hydrogen) atoms. The molecule has 0 radical (unpaired) electrons. The first-order chi connectivity index (χ1) is 9.60. The molecule has 1 aliphatic heterocycles. The van der Waals surface area contributed by atoms with Crippen LogP contribution in [0.3, 0.4) is 0 Å². The van der Waals surface area contributed by atoms with Gasteiger partial charge in [-0.25, -0.2) is 0 Å².